The largest absolute Gasteiger partial charge is 0.276 e. The van der Waals surface area contributed by atoms with Gasteiger partial charge in [-0.05, 0) is 40.3 Å². The molecule has 0 amide bonds. The van der Waals surface area contributed by atoms with Crippen molar-refractivity contribution in [2.45, 2.75) is 32.2 Å². The van der Waals surface area contributed by atoms with E-state index in [0.29, 0.717) is 0 Å². The highest BCUT2D eigenvalue weighted by Gasteiger charge is 2.26. The van der Waals surface area contributed by atoms with Gasteiger partial charge in [-0.1, -0.05) is 93.6 Å². The molecular weight excluding hydrogens is 328 g/mol. The van der Waals surface area contributed by atoms with Crippen molar-refractivity contribution in [3.8, 4) is 0 Å². The average Bonchev–Trinajstić information content (AvgIpc) is 3.14. The van der Waals surface area contributed by atoms with Crippen molar-refractivity contribution in [3.05, 3.63) is 108 Å². The molecule has 0 bridgehead atoms. The highest BCUT2D eigenvalue weighted by atomic mass is 15.5. The summed E-state index contributed by atoms with van der Waals surface area (Å²) in [4.78, 5) is 0. The summed E-state index contributed by atoms with van der Waals surface area (Å²) in [6.45, 7) is 6.75. The summed E-state index contributed by atoms with van der Waals surface area (Å²) in [6, 6.07) is 30.2. The van der Waals surface area contributed by atoms with Gasteiger partial charge in [0.25, 0.3) is 0 Å². The van der Waals surface area contributed by atoms with Crippen LogP contribution in [0.2, 0.25) is 0 Å². The molecule has 1 unspecified atom stereocenters. The number of nitrogens with one attached hydrogen (secondary N) is 1. The molecule has 0 radical (unpaired) electrons. The van der Waals surface area contributed by atoms with Crippen molar-refractivity contribution in [3.63, 3.8) is 0 Å². The Kier molecular flexibility index (Phi) is 4.59. The lowest BCUT2D eigenvalue weighted by molar-refractivity contribution is 0.590. The van der Waals surface area contributed by atoms with Gasteiger partial charge in [0.2, 0.25) is 0 Å². The molecular formula is C25H26N2. The second-order valence-corrected chi connectivity index (χ2v) is 8.07. The van der Waals surface area contributed by atoms with Crippen LogP contribution in [-0.4, -0.2) is 0 Å². The van der Waals surface area contributed by atoms with Crippen molar-refractivity contribution in [2.24, 2.45) is 0 Å². The maximum Gasteiger partial charge on any atom is 0.0720 e. The Bertz CT molecular complexity index is 920. The third kappa shape index (κ3) is 3.67. The Morgan fingerprint density at radius 1 is 0.741 bits per heavy atom. The third-order valence-electron chi connectivity index (χ3n) is 5.05. The van der Waals surface area contributed by atoms with E-state index in [-0.39, 0.29) is 11.5 Å². The first-order chi connectivity index (χ1) is 13.0. The lowest BCUT2D eigenvalue weighted by Gasteiger charge is -2.25. The van der Waals surface area contributed by atoms with Crippen LogP contribution in [-0.2, 0) is 5.41 Å². The summed E-state index contributed by atoms with van der Waals surface area (Å²) in [6.07, 6.45) is 2.31. The van der Waals surface area contributed by atoms with Crippen LogP contribution >= 0.6 is 0 Å². The number of hydrazine groups is 1. The van der Waals surface area contributed by atoms with Crippen molar-refractivity contribution in [1.82, 2.24) is 5.43 Å². The minimum Gasteiger partial charge on any atom is -0.276 e. The predicted octanol–water partition coefficient (Wildman–Crippen LogP) is 6.09. The molecule has 2 heteroatoms. The van der Waals surface area contributed by atoms with Crippen LogP contribution < -0.4 is 10.4 Å². The summed E-state index contributed by atoms with van der Waals surface area (Å²) >= 11 is 0. The van der Waals surface area contributed by atoms with Gasteiger partial charge < -0.3 is 0 Å². The molecule has 3 aromatic rings. The predicted molar refractivity (Wildman–Crippen MR) is 114 cm³/mol. The summed E-state index contributed by atoms with van der Waals surface area (Å²) in [5.74, 6) is 0. The van der Waals surface area contributed by atoms with E-state index < -0.39 is 0 Å². The molecule has 1 aliphatic rings. The van der Waals surface area contributed by atoms with Crippen molar-refractivity contribution in [1.29, 1.82) is 0 Å². The van der Waals surface area contributed by atoms with Crippen molar-refractivity contribution >= 4 is 11.4 Å². The Morgan fingerprint density at radius 2 is 1.33 bits per heavy atom. The monoisotopic (exact) mass is 354 g/mol. The maximum atomic E-state index is 3.66. The number of hydrogen-bond donors (Lipinski definition) is 1. The lowest BCUT2D eigenvalue weighted by Crippen LogP contribution is -2.33. The van der Waals surface area contributed by atoms with Gasteiger partial charge in [-0.3, -0.25) is 5.01 Å². The maximum absolute atomic E-state index is 3.66. The second kappa shape index (κ2) is 7.05. The van der Waals surface area contributed by atoms with Gasteiger partial charge in [-0.2, -0.15) is 0 Å². The van der Waals surface area contributed by atoms with Crippen molar-refractivity contribution in [2.75, 3.05) is 5.01 Å². The zero-order chi connectivity index (χ0) is 18.9. The van der Waals surface area contributed by atoms with Gasteiger partial charge >= 0.3 is 0 Å². The van der Waals surface area contributed by atoms with Crippen LogP contribution in [0.1, 0.15) is 43.5 Å². The molecule has 0 saturated heterocycles. The zero-order valence-corrected chi connectivity index (χ0v) is 16.2. The normalized spacial score (nSPS) is 17.1. The third-order valence-corrected chi connectivity index (χ3v) is 5.05. The first kappa shape index (κ1) is 17.6. The van der Waals surface area contributed by atoms with Gasteiger partial charge in [0.15, 0.2) is 0 Å². The standard InChI is InChI=1S/C25H26N2/c1-25(2,3)21-16-14-20(15-17-21)24-18-23(19-10-6-4-7-11-19)26-27(24)22-12-8-5-9-13-22/h4-18,23,26H,1-3H3. The number of nitrogens with zero attached hydrogens (tertiary/aromatic N) is 1. The molecule has 0 aromatic heterocycles. The Hall–Kier alpha value is -2.84. The first-order valence-electron chi connectivity index (χ1n) is 9.51. The van der Waals surface area contributed by atoms with E-state index in [1.165, 1.54) is 22.4 Å². The molecule has 136 valence electrons. The average molecular weight is 354 g/mol. The molecule has 1 aliphatic heterocycles. The molecule has 0 aliphatic carbocycles. The molecule has 0 fully saturated rings. The molecule has 1 atom stereocenters. The number of benzene rings is 3. The molecule has 0 spiro atoms. The fraction of sp³-hybridized carbons (Fsp3) is 0.200. The number of para-hydroxylation sites is 1. The molecule has 0 saturated carbocycles. The lowest BCUT2D eigenvalue weighted by atomic mass is 9.86. The fourth-order valence-corrected chi connectivity index (χ4v) is 3.47. The van der Waals surface area contributed by atoms with E-state index in [0.717, 1.165) is 5.69 Å². The van der Waals surface area contributed by atoms with E-state index in [4.69, 9.17) is 0 Å². The first-order valence-corrected chi connectivity index (χ1v) is 9.51. The Morgan fingerprint density at radius 3 is 1.93 bits per heavy atom. The van der Waals surface area contributed by atoms with Gasteiger partial charge in [0, 0.05) is 0 Å². The van der Waals surface area contributed by atoms with Crippen LogP contribution in [0.3, 0.4) is 0 Å². The topological polar surface area (TPSA) is 15.3 Å². The molecule has 1 heterocycles. The summed E-state index contributed by atoms with van der Waals surface area (Å²) < 4.78 is 0. The molecule has 1 N–H and O–H groups in total. The summed E-state index contributed by atoms with van der Waals surface area (Å²) in [5.41, 5.74) is 9.98. The number of anilines is 1. The summed E-state index contributed by atoms with van der Waals surface area (Å²) in [5, 5.41) is 2.20. The molecule has 3 aromatic carbocycles. The van der Waals surface area contributed by atoms with E-state index in [1.807, 2.05) is 0 Å². The van der Waals surface area contributed by atoms with Gasteiger partial charge in [-0.25, -0.2) is 5.43 Å². The van der Waals surface area contributed by atoms with Crippen LogP contribution in [0.4, 0.5) is 5.69 Å². The van der Waals surface area contributed by atoms with E-state index in [2.05, 4.69) is 122 Å². The Labute approximate surface area is 162 Å². The van der Waals surface area contributed by atoms with Gasteiger partial charge in [0.1, 0.15) is 0 Å². The molecule has 27 heavy (non-hydrogen) atoms. The van der Waals surface area contributed by atoms with Crippen LogP contribution in [0.15, 0.2) is 91.0 Å². The van der Waals surface area contributed by atoms with Crippen LogP contribution in [0, 0.1) is 0 Å². The highest BCUT2D eigenvalue weighted by molar-refractivity contribution is 5.81. The smallest absolute Gasteiger partial charge is 0.0720 e. The number of rotatable bonds is 3. The highest BCUT2D eigenvalue weighted by Crippen LogP contribution is 2.35. The second-order valence-electron chi connectivity index (χ2n) is 8.07. The zero-order valence-electron chi connectivity index (χ0n) is 16.2. The quantitative estimate of drug-likeness (QED) is 0.612. The van der Waals surface area contributed by atoms with E-state index >= 15 is 0 Å². The van der Waals surface area contributed by atoms with E-state index in [9.17, 15) is 0 Å². The van der Waals surface area contributed by atoms with Crippen LogP contribution in [0.25, 0.3) is 5.70 Å². The SMILES string of the molecule is CC(C)(C)c1ccc(C2=CC(c3ccccc3)NN2c2ccccc2)cc1. The minimum absolute atomic E-state index is 0.156. The fourth-order valence-electron chi connectivity index (χ4n) is 3.47. The van der Waals surface area contributed by atoms with Crippen LogP contribution in [0.5, 0.6) is 0 Å². The summed E-state index contributed by atoms with van der Waals surface area (Å²) in [7, 11) is 0. The van der Waals surface area contributed by atoms with Gasteiger partial charge in [0.05, 0.1) is 17.4 Å². The minimum atomic E-state index is 0.156. The van der Waals surface area contributed by atoms with E-state index in [1.54, 1.807) is 0 Å². The van der Waals surface area contributed by atoms with Crippen molar-refractivity contribution < 1.29 is 0 Å². The van der Waals surface area contributed by atoms with Gasteiger partial charge in [-0.15, -0.1) is 0 Å². The number of hydrogen-bond acceptors (Lipinski definition) is 2. The Balaban J connectivity index is 1.73. The molecule has 4 rings (SSSR count). The molecule has 2 nitrogen and oxygen atoms in total.